The first kappa shape index (κ1) is 39.6. The maximum atomic E-state index is 16.0. The predicted octanol–water partition coefficient (Wildman–Crippen LogP) is 7.95. The van der Waals surface area contributed by atoms with Crippen LogP contribution in [-0.4, -0.2) is 47.6 Å². The number of carbonyl (C=O) groups excluding carboxylic acids is 2. The smallest absolute Gasteiger partial charge is 0.419 e. The lowest BCUT2D eigenvalue weighted by molar-refractivity contribution is -0.144. The molecule has 2 aromatic carbocycles. The number of benzene rings is 2. The number of esters is 1. The van der Waals surface area contributed by atoms with E-state index in [2.05, 4.69) is 5.32 Å². The highest BCUT2D eigenvalue weighted by molar-refractivity contribution is 5.82. The predicted molar refractivity (Wildman–Crippen MR) is 177 cm³/mol. The van der Waals surface area contributed by atoms with Gasteiger partial charge in [0, 0.05) is 24.4 Å². The van der Waals surface area contributed by atoms with Crippen molar-refractivity contribution >= 4 is 11.9 Å². The average Bonchev–Trinajstić information content (AvgIpc) is 2.98. The number of ether oxygens (including phenoxy) is 1. The molecule has 2 heterocycles. The van der Waals surface area contributed by atoms with Gasteiger partial charge in [0.05, 0.1) is 30.2 Å². The summed E-state index contributed by atoms with van der Waals surface area (Å²) < 4.78 is 107. The van der Waals surface area contributed by atoms with Crippen LogP contribution in [-0.2, 0) is 33.1 Å². The Balaban J connectivity index is 1.86. The fraction of sp³-hybridized carbons (Fsp3) is 0.486. The maximum Gasteiger partial charge on any atom is 0.419 e. The molecule has 1 aliphatic rings. The summed E-state index contributed by atoms with van der Waals surface area (Å²) in [6.07, 6.45) is -9.01. The van der Waals surface area contributed by atoms with Crippen molar-refractivity contribution in [3.05, 3.63) is 92.1 Å². The van der Waals surface area contributed by atoms with E-state index in [0.29, 0.717) is 35.4 Å². The van der Waals surface area contributed by atoms with Crippen LogP contribution in [0, 0.1) is 25.6 Å². The molecule has 0 bridgehead atoms. The molecule has 3 aromatic rings. The molecule has 7 nitrogen and oxygen atoms in total. The third-order valence-corrected chi connectivity index (χ3v) is 8.99. The minimum absolute atomic E-state index is 0.0121. The van der Waals surface area contributed by atoms with Gasteiger partial charge < -0.3 is 19.5 Å². The molecule has 1 saturated heterocycles. The number of likely N-dealkylation sites (tertiary alicyclic amines) is 1. The van der Waals surface area contributed by atoms with Crippen LogP contribution in [0.1, 0.15) is 85.5 Å². The Morgan fingerprint density at radius 2 is 1.59 bits per heavy atom. The van der Waals surface area contributed by atoms with Gasteiger partial charge in [-0.25, -0.2) is 4.39 Å². The quantitative estimate of drug-likeness (QED) is 0.143. The highest BCUT2D eigenvalue weighted by atomic mass is 19.4. The first-order valence-corrected chi connectivity index (χ1v) is 16.8. The lowest BCUT2D eigenvalue weighted by Gasteiger charge is -2.31. The molecule has 1 aliphatic heterocycles. The summed E-state index contributed by atoms with van der Waals surface area (Å²) in [5, 5.41) is 2.48. The van der Waals surface area contributed by atoms with Crippen LogP contribution in [0.2, 0.25) is 0 Å². The number of aromatic nitrogens is 1. The third-order valence-electron chi connectivity index (χ3n) is 8.99. The van der Waals surface area contributed by atoms with Crippen LogP contribution in [0.5, 0.6) is 0 Å². The van der Waals surface area contributed by atoms with Crippen molar-refractivity contribution < 1.29 is 45.1 Å². The maximum absolute atomic E-state index is 16.0. The largest absolute Gasteiger partial charge is 0.466 e. The highest BCUT2D eigenvalue weighted by Gasteiger charge is 2.39. The molecule has 1 unspecified atom stereocenters. The van der Waals surface area contributed by atoms with Crippen LogP contribution in [0.4, 0.5) is 30.7 Å². The van der Waals surface area contributed by atoms with Crippen molar-refractivity contribution in [2.45, 2.75) is 84.7 Å². The van der Waals surface area contributed by atoms with Crippen LogP contribution in [0.15, 0.2) is 47.4 Å². The summed E-state index contributed by atoms with van der Waals surface area (Å²) in [6.45, 7) is 9.87. The lowest BCUT2D eigenvalue weighted by Crippen LogP contribution is -2.41. The molecule has 1 aromatic heterocycles. The molecule has 51 heavy (non-hydrogen) atoms. The minimum Gasteiger partial charge on any atom is -0.466 e. The van der Waals surface area contributed by atoms with E-state index < -0.39 is 70.8 Å². The van der Waals surface area contributed by atoms with Gasteiger partial charge in [0.1, 0.15) is 11.9 Å². The standard InChI is InChI=1S/C37H42F7N3O4/c1-6-51-32(49)19-29(26-16-25(17-28(34(26)38)37(42,43)44)33-22(4)9-7-10-23(33)5)45-35(50)30(15-21(2)3)47-20-24(11-14-46-12-8-13-46)27(18-31(47)48)36(39,40)41/h7,9-10,16-18,20-21,29-30H,6,8,11-15,19H2,1-5H3,(H,45,50)/t29-,30?/m0/s1. The van der Waals surface area contributed by atoms with Crippen molar-refractivity contribution in [2.75, 3.05) is 26.2 Å². The molecule has 278 valence electrons. The van der Waals surface area contributed by atoms with Crippen molar-refractivity contribution in [3.63, 3.8) is 0 Å². The fourth-order valence-electron chi connectivity index (χ4n) is 6.39. The molecule has 14 heteroatoms. The number of nitrogens with one attached hydrogen (secondary N) is 1. The molecule has 2 atom stereocenters. The topological polar surface area (TPSA) is 80.6 Å². The average molecular weight is 726 g/mol. The molecular formula is C37H42F7N3O4. The molecule has 0 saturated carbocycles. The van der Waals surface area contributed by atoms with Crippen molar-refractivity contribution in [1.82, 2.24) is 14.8 Å². The second-order valence-electron chi connectivity index (χ2n) is 13.3. The Bertz CT molecular complexity index is 1780. The number of rotatable bonds is 13. The summed E-state index contributed by atoms with van der Waals surface area (Å²) in [5.74, 6) is -3.97. The Labute approximate surface area is 291 Å². The van der Waals surface area contributed by atoms with Gasteiger partial charge in [0.2, 0.25) is 5.91 Å². The number of carbonyl (C=O) groups is 2. The summed E-state index contributed by atoms with van der Waals surface area (Å²) in [6, 6.07) is 4.13. The number of alkyl halides is 6. The van der Waals surface area contributed by atoms with E-state index >= 15 is 4.39 Å². The Kier molecular flexibility index (Phi) is 12.4. The molecule has 4 rings (SSSR count). The molecule has 0 aliphatic carbocycles. The summed E-state index contributed by atoms with van der Waals surface area (Å²) in [7, 11) is 0. The number of hydrogen-bond donors (Lipinski definition) is 1. The van der Waals surface area contributed by atoms with Gasteiger partial charge >= 0.3 is 18.3 Å². The Morgan fingerprint density at radius 1 is 0.961 bits per heavy atom. The molecule has 1 N–H and O–H groups in total. The summed E-state index contributed by atoms with van der Waals surface area (Å²) in [4.78, 5) is 42.1. The number of nitrogens with zero attached hydrogens (tertiary/aromatic N) is 2. The first-order chi connectivity index (χ1) is 23.8. The molecule has 0 spiro atoms. The van der Waals surface area contributed by atoms with E-state index in [1.54, 1.807) is 45.9 Å². The van der Waals surface area contributed by atoms with E-state index in [0.717, 1.165) is 36.3 Å². The fourth-order valence-corrected chi connectivity index (χ4v) is 6.39. The van der Waals surface area contributed by atoms with Gasteiger partial charge in [-0.1, -0.05) is 32.0 Å². The number of hydrogen-bond acceptors (Lipinski definition) is 5. The van der Waals surface area contributed by atoms with Gasteiger partial charge in [-0.3, -0.25) is 14.4 Å². The first-order valence-electron chi connectivity index (χ1n) is 16.8. The summed E-state index contributed by atoms with van der Waals surface area (Å²) in [5.41, 5.74) is -3.16. The number of amides is 1. The van der Waals surface area contributed by atoms with Gasteiger partial charge in [-0.2, -0.15) is 26.3 Å². The van der Waals surface area contributed by atoms with Crippen LogP contribution in [0.3, 0.4) is 0 Å². The SMILES string of the molecule is CCOC(=O)C[C@H](NC(=O)C(CC(C)C)n1cc(CCN2CCC2)c(C(F)(F)F)cc1=O)c1cc(-c2c(C)cccc2C)cc(C(F)(F)F)c1F. The zero-order chi connectivity index (χ0) is 37.8. The van der Waals surface area contributed by atoms with Crippen molar-refractivity contribution in [2.24, 2.45) is 5.92 Å². The van der Waals surface area contributed by atoms with E-state index in [9.17, 15) is 40.7 Å². The molecule has 1 amide bonds. The Hall–Kier alpha value is -4.20. The normalized spacial score (nSPS) is 15.0. The van der Waals surface area contributed by atoms with Crippen LogP contribution < -0.4 is 10.9 Å². The van der Waals surface area contributed by atoms with Crippen molar-refractivity contribution in [1.29, 1.82) is 0 Å². The number of aryl methyl sites for hydroxylation is 2. The highest BCUT2D eigenvalue weighted by Crippen LogP contribution is 2.40. The lowest BCUT2D eigenvalue weighted by atomic mass is 9.90. The molecular weight excluding hydrogens is 683 g/mol. The number of pyridine rings is 1. The monoisotopic (exact) mass is 725 g/mol. The third kappa shape index (κ3) is 9.57. The molecule has 1 fully saturated rings. The number of halogens is 7. The van der Waals surface area contributed by atoms with Gasteiger partial charge in [0.25, 0.3) is 5.56 Å². The van der Waals surface area contributed by atoms with Gasteiger partial charge in [-0.15, -0.1) is 0 Å². The van der Waals surface area contributed by atoms with E-state index in [-0.39, 0.29) is 36.5 Å². The van der Waals surface area contributed by atoms with Crippen LogP contribution in [0.25, 0.3) is 11.1 Å². The van der Waals surface area contributed by atoms with E-state index in [4.69, 9.17) is 4.74 Å². The van der Waals surface area contributed by atoms with E-state index in [1.165, 1.54) is 6.92 Å². The zero-order valence-corrected chi connectivity index (χ0v) is 29.1. The van der Waals surface area contributed by atoms with Crippen LogP contribution >= 0.6 is 0 Å². The van der Waals surface area contributed by atoms with Crippen molar-refractivity contribution in [3.8, 4) is 11.1 Å². The van der Waals surface area contributed by atoms with E-state index in [1.807, 2.05) is 4.90 Å². The second kappa shape index (κ2) is 16.0. The zero-order valence-electron chi connectivity index (χ0n) is 29.1. The van der Waals surface area contributed by atoms with Gasteiger partial charge in [-0.05, 0) is 99.0 Å². The summed E-state index contributed by atoms with van der Waals surface area (Å²) >= 11 is 0. The molecule has 0 radical (unpaired) electrons. The minimum atomic E-state index is -5.16. The van der Waals surface area contributed by atoms with Gasteiger partial charge in [0.15, 0.2) is 0 Å². The Morgan fingerprint density at radius 3 is 2.12 bits per heavy atom. The second-order valence-corrected chi connectivity index (χ2v) is 13.3.